The fraction of sp³-hybridized carbons (Fsp3) is 0.269. The van der Waals surface area contributed by atoms with E-state index in [-0.39, 0.29) is 17.9 Å². The van der Waals surface area contributed by atoms with Crippen molar-refractivity contribution in [3.63, 3.8) is 0 Å². The Morgan fingerprint density at radius 1 is 1.16 bits per heavy atom. The Balaban J connectivity index is 1.67. The van der Waals surface area contributed by atoms with Gasteiger partial charge in [0.2, 0.25) is 6.79 Å². The van der Waals surface area contributed by atoms with E-state index in [1.54, 1.807) is 24.3 Å². The number of ether oxygens (including phenoxy) is 5. The number of rotatable bonds is 7. The van der Waals surface area contributed by atoms with Gasteiger partial charge < -0.3 is 23.7 Å². The molecule has 1 aromatic heterocycles. The molecule has 3 heterocycles. The van der Waals surface area contributed by atoms with E-state index in [1.165, 1.54) is 29.2 Å². The molecule has 1 atom stereocenters. The zero-order valence-corrected chi connectivity index (χ0v) is 22.7. The second kappa shape index (κ2) is 10.4. The molecule has 0 fully saturated rings. The lowest BCUT2D eigenvalue weighted by atomic mass is 9.97. The van der Waals surface area contributed by atoms with Crippen molar-refractivity contribution in [2.75, 3.05) is 27.1 Å². The van der Waals surface area contributed by atoms with Crippen LogP contribution in [0.3, 0.4) is 0 Å². The summed E-state index contributed by atoms with van der Waals surface area (Å²) in [6.45, 7) is 4.81. The van der Waals surface area contributed by atoms with Gasteiger partial charge in [0.15, 0.2) is 27.8 Å². The summed E-state index contributed by atoms with van der Waals surface area (Å²) < 4.78 is 30.1. The topological polar surface area (TPSA) is 97.6 Å². The largest absolute Gasteiger partial charge is 0.490 e. The van der Waals surface area contributed by atoms with Crippen LogP contribution in [0.4, 0.5) is 0 Å². The fourth-order valence-corrected chi connectivity index (χ4v) is 5.57. The van der Waals surface area contributed by atoms with E-state index in [1.807, 2.05) is 26.0 Å². The standard InChI is InChI=1S/C26H23BrN2O7S/c1-4-33-18-7-6-14(8-19(18)34-5-2)23-16(25(31)32-3)12-28-26-29(23)24(30)22(37-26)10-15-9-20-21(11-17(15)27)36-13-35-20/h6-12,23H,4-5,13H2,1-3H3/b22-10+/t23-/m0/s1. The minimum Gasteiger partial charge on any atom is -0.490 e. The summed E-state index contributed by atoms with van der Waals surface area (Å²) in [6, 6.07) is 8.22. The third kappa shape index (κ3) is 4.64. The SMILES string of the molecule is CCOc1ccc([C@H]2C(C(=O)OC)=CN=c3s/c(=C/c4cc5c(cc4Br)OCO5)c(=O)n32)cc1OCC. The van der Waals surface area contributed by atoms with Crippen LogP contribution in [-0.4, -0.2) is 37.7 Å². The Morgan fingerprint density at radius 2 is 1.89 bits per heavy atom. The van der Waals surface area contributed by atoms with Crippen molar-refractivity contribution in [1.29, 1.82) is 0 Å². The summed E-state index contributed by atoms with van der Waals surface area (Å²) in [5.41, 5.74) is 1.35. The van der Waals surface area contributed by atoms with Crippen molar-refractivity contribution < 1.29 is 28.5 Å². The molecule has 0 N–H and O–H groups in total. The molecule has 37 heavy (non-hydrogen) atoms. The Bertz CT molecular complexity index is 1590. The first-order valence-corrected chi connectivity index (χ1v) is 13.1. The summed E-state index contributed by atoms with van der Waals surface area (Å²) in [5, 5.41) is 0. The van der Waals surface area contributed by atoms with Gasteiger partial charge in [0, 0.05) is 10.7 Å². The maximum atomic E-state index is 13.8. The Labute approximate surface area is 224 Å². The third-order valence-electron chi connectivity index (χ3n) is 5.79. The Hall–Kier alpha value is -3.57. The molecule has 0 radical (unpaired) electrons. The van der Waals surface area contributed by atoms with Gasteiger partial charge in [-0.25, -0.2) is 9.79 Å². The van der Waals surface area contributed by atoms with Gasteiger partial charge in [-0.1, -0.05) is 33.3 Å². The van der Waals surface area contributed by atoms with Crippen molar-refractivity contribution in [3.8, 4) is 23.0 Å². The molecule has 11 heteroatoms. The van der Waals surface area contributed by atoms with Crippen molar-refractivity contribution in [3.05, 3.63) is 77.4 Å². The quantitative estimate of drug-likeness (QED) is 0.392. The van der Waals surface area contributed by atoms with Gasteiger partial charge in [-0.05, 0) is 55.3 Å². The minimum absolute atomic E-state index is 0.148. The zero-order chi connectivity index (χ0) is 26.1. The number of carbonyl (C=O) groups is 1. The first-order valence-electron chi connectivity index (χ1n) is 11.5. The molecular weight excluding hydrogens is 564 g/mol. The number of aromatic nitrogens is 1. The molecule has 9 nitrogen and oxygen atoms in total. The van der Waals surface area contributed by atoms with E-state index in [0.29, 0.717) is 51.1 Å². The van der Waals surface area contributed by atoms with Crippen LogP contribution in [0.15, 0.2) is 56.4 Å². The number of halogens is 1. The van der Waals surface area contributed by atoms with E-state index in [0.717, 1.165) is 10.0 Å². The van der Waals surface area contributed by atoms with Gasteiger partial charge in [-0.3, -0.25) is 9.36 Å². The van der Waals surface area contributed by atoms with Gasteiger partial charge in [-0.15, -0.1) is 0 Å². The summed E-state index contributed by atoms with van der Waals surface area (Å²) in [4.78, 5) is 31.4. The number of carbonyl (C=O) groups excluding carboxylic acids is 1. The molecular formula is C26H23BrN2O7S. The molecule has 0 aliphatic carbocycles. The van der Waals surface area contributed by atoms with Crippen LogP contribution in [0.2, 0.25) is 0 Å². The molecule has 0 saturated heterocycles. The van der Waals surface area contributed by atoms with Crippen LogP contribution in [0.25, 0.3) is 6.08 Å². The zero-order valence-electron chi connectivity index (χ0n) is 20.3. The van der Waals surface area contributed by atoms with Crippen LogP contribution >= 0.6 is 27.3 Å². The lowest BCUT2D eigenvalue weighted by Crippen LogP contribution is -2.39. The molecule has 192 valence electrons. The second-order valence-electron chi connectivity index (χ2n) is 7.98. The second-order valence-corrected chi connectivity index (χ2v) is 9.84. The minimum atomic E-state index is -0.763. The van der Waals surface area contributed by atoms with Gasteiger partial charge in [0.1, 0.15) is 0 Å². The lowest BCUT2D eigenvalue weighted by molar-refractivity contribution is -0.136. The average Bonchev–Trinajstić information content (AvgIpc) is 3.48. The number of nitrogens with zero attached hydrogens (tertiary/aromatic N) is 2. The first-order chi connectivity index (χ1) is 17.9. The van der Waals surface area contributed by atoms with E-state index >= 15 is 0 Å². The van der Waals surface area contributed by atoms with Crippen molar-refractivity contribution in [1.82, 2.24) is 4.57 Å². The summed E-state index contributed by atoms with van der Waals surface area (Å²) in [6.07, 6.45) is 3.22. The predicted molar refractivity (Wildman–Crippen MR) is 140 cm³/mol. The fourth-order valence-electron chi connectivity index (χ4n) is 4.17. The highest BCUT2D eigenvalue weighted by atomic mass is 79.9. The number of methoxy groups -OCH3 is 1. The molecule has 0 unspecified atom stereocenters. The molecule has 0 saturated carbocycles. The smallest absolute Gasteiger partial charge is 0.337 e. The predicted octanol–water partition coefficient (Wildman–Crippen LogP) is 3.31. The maximum absolute atomic E-state index is 13.8. The molecule has 5 rings (SSSR count). The van der Waals surface area contributed by atoms with E-state index in [4.69, 9.17) is 23.7 Å². The average molecular weight is 587 g/mol. The summed E-state index contributed by atoms with van der Waals surface area (Å²) in [7, 11) is 1.30. The van der Waals surface area contributed by atoms with E-state index in [9.17, 15) is 9.59 Å². The monoisotopic (exact) mass is 586 g/mol. The summed E-state index contributed by atoms with van der Waals surface area (Å²) in [5.74, 6) is 1.76. The van der Waals surface area contributed by atoms with Crippen LogP contribution in [0.1, 0.15) is 31.0 Å². The molecule has 0 amide bonds. The number of esters is 1. The third-order valence-corrected chi connectivity index (χ3v) is 7.47. The Morgan fingerprint density at radius 3 is 2.62 bits per heavy atom. The molecule has 0 spiro atoms. The molecule has 2 aromatic carbocycles. The van der Waals surface area contributed by atoms with E-state index < -0.39 is 12.0 Å². The van der Waals surface area contributed by atoms with Crippen LogP contribution in [-0.2, 0) is 9.53 Å². The molecule has 2 aliphatic heterocycles. The summed E-state index contributed by atoms with van der Waals surface area (Å²) >= 11 is 4.77. The number of fused-ring (bicyclic) bond motifs is 2. The van der Waals surface area contributed by atoms with E-state index in [2.05, 4.69) is 20.9 Å². The number of benzene rings is 2. The highest BCUT2D eigenvalue weighted by Gasteiger charge is 2.31. The first kappa shape index (κ1) is 25.1. The van der Waals surface area contributed by atoms with Crippen LogP contribution in [0.5, 0.6) is 23.0 Å². The highest BCUT2D eigenvalue weighted by molar-refractivity contribution is 9.10. The van der Waals surface area contributed by atoms with Crippen molar-refractivity contribution in [2.45, 2.75) is 19.9 Å². The molecule has 3 aromatic rings. The number of hydrogen-bond acceptors (Lipinski definition) is 9. The Kier molecular flexibility index (Phi) is 7.07. The van der Waals surface area contributed by atoms with Crippen molar-refractivity contribution in [2.24, 2.45) is 4.99 Å². The lowest BCUT2D eigenvalue weighted by Gasteiger charge is -2.23. The number of thiazole rings is 1. The maximum Gasteiger partial charge on any atom is 0.337 e. The van der Waals surface area contributed by atoms with Crippen molar-refractivity contribution >= 4 is 39.3 Å². The van der Waals surface area contributed by atoms with Gasteiger partial charge in [0.05, 0.1) is 36.5 Å². The normalized spacial score (nSPS) is 16.1. The van der Waals surface area contributed by atoms with Crippen LogP contribution < -0.4 is 33.8 Å². The van der Waals surface area contributed by atoms with Gasteiger partial charge in [0.25, 0.3) is 5.56 Å². The molecule has 2 aliphatic rings. The van der Waals surface area contributed by atoms with Gasteiger partial charge in [-0.2, -0.15) is 0 Å². The highest BCUT2D eigenvalue weighted by Crippen LogP contribution is 2.37. The van der Waals surface area contributed by atoms with Crippen LogP contribution in [0, 0.1) is 0 Å². The number of hydrogen-bond donors (Lipinski definition) is 0. The van der Waals surface area contributed by atoms with Gasteiger partial charge >= 0.3 is 5.97 Å². The molecule has 0 bridgehead atoms.